The highest BCUT2D eigenvalue weighted by atomic mass is 35.5. The first kappa shape index (κ1) is 11.2. The van der Waals surface area contributed by atoms with Crippen molar-refractivity contribution in [2.75, 3.05) is 0 Å². The number of rotatable bonds is 1. The predicted octanol–water partition coefficient (Wildman–Crippen LogP) is 4.26. The Labute approximate surface area is 110 Å². The molecule has 0 saturated heterocycles. The molecule has 0 aliphatic carbocycles. The highest BCUT2D eigenvalue weighted by Crippen LogP contribution is 2.26. The first-order valence-electron chi connectivity index (χ1n) is 5.74. The number of benzene rings is 2. The smallest absolute Gasteiger partial charge is 0.161 e. The van der Waals surface area contributed by atoms with E-state index in [1.165, 1.54) is 0 Å². The fourth-order valence-corrected chi connectivity index (χ4v) is 2.21. The molecule has 2 nitrogen and oxygen atoms in total. The molecule has 0 unspecified atom stereocenters. The number of aromatic nitrogens is 2. The number of fused-ring (bicyclic) bond motifs is 1. The van der Waals surface area contributed by atoms with Crippen LogP contribution in [0, 0.1) is 6.92 Å². The van der Waals surface area contributed by atoms with E-state index in [4.69, 9.17) is 11.6 Å². The van der Waals surface area contributed by atoms with Crippen molar-refractivity contribution in [3.63, 3.8) is 0 Å². The SMILES string of the molecule is Cc1cccc2c(Cl)nc(-c3ccccc3)nc12. The van der Waals surface area contributed by atoms with E-state index in [1.807, 2.05) is 55.5 Å². The molecule has 3 rings (SSSR count). The molecule has 2 aromatic carbocycles. The van der Waals surface area contributed by atoms with Gasteiger partial charge in [0.15, 0.2) is 5.82 Å². The molecule has 0 N–H and O–H groups in total. The van der Waals surface area contributed by atoms with Gasteiger partial charge in [0.05, 0.1) is 5.52 Å². The molecule has 0 saturated carbocycles. The lowest BCUT2D eigenvalue weighted by Gasteiger charge is -2.06. The van der Waals surface area contributed by atoms with Gasteiger partial charge in [-0.1, -0.05) is 54.1 Å². The van der Waals surface area contributed by atoms with Crippen LogP contribution < -0.4 is 0 Å². The fourth-order valence-electron chi connectivity index (χ4n) is 1.97. The molecule has 3 aromatic rings. The number of halogens is 1. The van der Waals surface area contributed by atoms with E-state index in [0.717, 1.165) is 22.0 Å². The summed E-state index contributed by atoms with van der Waals surface area (Å²) in [4.78, 5) is 8.98. The highest BCUT2D eigenvalue weighted by Gasteiger charge is 2.08. The van der Waals surface area contributed by atoms with Crippen molar-refractivity contribution in [3.8, 4) is 11.4 Å². The second kappa shape index (κ2) is 4.39. The van der Waals surface area contributed by atoms with E-state index in [2.05, 4.69) is 9.97 Å². The zero-order valence-electron chi connectivity index (χ0n) is 9.89. The maximum absolute atomic E-state index is 6.23. The van der Waals surface area contributed by atoms with Gasteiger partial charge in [-0.3, -0.25) is 0 Å². The van der Waals surface area contributed by atoms with E-state index in [-0.39, 0.29) is 0 Å². The van der Waals surface area contributed by atoms with Crippen molar-refractivity contribution in [2.45, 2.75) is 6.92 Å². The predicted molar refractivity (Wildman–Crippen MR) is 74.7 cm³/mol. The van der Waals surface area contributed by atoms with Crippen LogP contribution >= 0.6 is 11.6 Å². The van der Waals surface area contributed by atoms with Gasteiger partial charge < -0.3 is 0 Å². The molecule has 88 valence electrons. The number of hydrogen-bond acceptors (Lipinski definition) is 2. The number of hydrogen-bond donors (Lipinski definition) is 0. The third-order valence-electron chi connectivity index (χ3n) is 2.91. The zero-order valence-corrected chi connectivity index (χ0v) is 10.6. The molecule has 1 heterocycles. The minimum absolute atomic E-state index is 0.502. The first-order valence-corrected chi connectivity index (χ1v) is 6.12. The van der Waals surface area contributed by atoms with Crippen molar-refractivity contribution in [1.29, 1.82) is 0 Å². The van der Waals surface area contributed by atoms with Crippen molar-refractivity contribution in [1.82, 2.24) is 9.97 Å². The molecule has 0 spiro atoms. The molecule has 0 fully saturated rings. The van der Waals surface area contributed by atoms with Gasteiger partial charge in [0, 0.05) is 10.9 Å². The lowest BCUT2D eigenvalue weighted by Crippen LogP contribution is -1.93. The van der Waals surface area contributed by atoms with Crippen LogP contribution in [0.15, 0.2) is 48.5 Å². The minimum Gasteiger partial charge on any atom is -0.228 e. The Morgan fingerprint density at radius 2 is 1.67 bits per heavy atom. The summed E-state index contributed by atoms with van der Waals surface area (Å²) in [7, 11) is 0. The summed E-state index contributed by atoms with van der Waals surface area (Å²) in [6.07, 6.45) is 0. The summed E-state index contributed by atoms with van der Waals surface area (Å²) in [5.41, 5.74) is 3.00. The average Bonchev–Trinajstić information content (AvgIpc) is 2.41. The second-order valence-electron chi connectivity index (χ2n) is 4.18. The minimum atomic E-state index is 0.502. The molecule has 0 atom stereocenters. The normalized spacial score (nSPS) is 10.8. The van der Waals surface area contributed by atoms with Crippen LogP contribution in [0.4, 0.5) is 0 Å². The van der Waals surface area contributed by atoms with Crippen LogP contribution in [0.25, 0.3) is 22.3 Å². The molecule has 0 bridgehead atoms. The lowest BCUT2D eigenvalue weighted by molar-refractivity contribution is 1.22. The van der Waals surface area contributed by atoms with Crippen LogP contribution in [0.3, 0.4) is 0 Å². The lowest BCUT2D eigenvalue weighted by atomic mass is 10.1. The van der Waals surface area contributed by atoms with Gasteiger partial charge in [-0.05, 0) is 18.6 Å². The van der Waals surface area contributed by atoms with Gasteiger partial charge in [0.25, 0.3) is 0 Å². The second-order valence-corrected chi connectivity index (χ2v) is 4.53. The van der Waals surface area contributed by atoms with E-state index in [9.17, 15) is 0 Å². The highest BCUT2D eigenvalue weighted by molar-refractivity contribution is 6.34. The van der Waals surface area contributed by atoms with Crippen molar-refractivity contribution in [3.05, 3.63) is 59.2 Å². The number of nitrogens with zero attached hydrogens (tertiary/aromatic N) is 2. The van der Waals surface area contributed by atoms with Gasteiger partial charge in [0.2, 0.25) is 0 Å². The monoisotopic (exact) mass is 254 g/mol. The Bertz CT molecular complexity index is 708. The van der Waals surface area contributed by atoms with Gasteiger partial charge in [0.1, 0.15) is 5.15 Å². The number of aryl methyl sites for hydroxylation is 1. The van der Waals surface area contributed by atoms with Crippen LogP contribution in [0.2, 0.25) is 5.15 Å². The molecule has 0 amide bonds. The molecular formula is C15H11ClN2. The molecule has 0 aliphatic rings. The molecule has 18 heavy (non-hydrogen) atoms. The Hall–Kier alpha value is -1.93. The van der Waals surface area contributed by atoms with E-state index < -0.39 is 0 Å². The van der Waals surface area contributed by atoms with Crippen molar-refractivity contribution < 1.29 is 0 Å². The largest absolute Gasteiger partial charge is 0.228 e. The summed E-state index contributed by atoms with van der Waals surface area (Å²) >= 11 is 6.23. The average molecular weight is 255 g/mol. The maximum Gasteiger partial charge on any atom is 0.161 e. The molecule has 0 radical (unpaired) electrons. The molecule has 3 heteroatoms. The van der Waals surface area contributed by atoms with E-state index in [0.29, 0.717) is 11.0 Å². The quantitative estimate of drug-likeness (QED) is 0.607. The van der Waals surface area contributed by atoms with Gasteiger partial charge in [-0.2, -0.15) is 0 Å². The standard InChI is InChI=1S/C15H11ClN2/c1-10-6-5-9-12-13(10)17-15(18-14(12)16)11-7-3-2-4-8-11/h2-9H,1H3. The first-order chi connectivity index (χ1) is 8.75. The topological polar surface area (TPSA) is 25.8 Å². The Morgan fingerprint density at radius 3 is 2.44 bits per heavy atom. The van der Waals surface area contributed by atoms with Gasteiger partial charge in [-0.15, -0.1) is 0 Å². The fraction of sp³-hybridized carbons (Fsp3) is 0.0667. The molecule has 1 aromatic heterocycles. The van der Waals surface area contributed by atoms with Gasteiger partial charge in [-0.25, -0.2) is 9.97 Å². The van der Waals surface area contributed by atoms with Crippen LogP contribution in [-0.4, -0.2) is 9.97 Å². The summed E-state index contributed by atoms with van der Waals surface area (Å²) < 4.78 is 0. The Kier molecular flexibility index (Phi) is 2.73. The summed E-state index contributed by atoms with van der Waals surface area (Å²) in [5, 5.41) is 1.40. The summed E-state index contributed by atoms with van der Waals surface area (Å²) in [6, 6.07) is 15.8. The third-order valence-corrected chi connectivity index (χ3v) is 3.20. The third kappa shape index (κ3) is 1.85. The van der Waals surface area contributed by atoms with E-state index in [1.54, 1.807) is 0 Å². The Morgan fingerprint density at radius 1 is 0.889 bits per heavy atom. The van der Waals surface area contributed by atoms with Crippen molar-refractivity contribution >= 4 is 22.5 Å². The van der Waals surface area contributed by atoms with Gasteiger partial charge >= 0.3 is 0 Å². The van der Waals surface area contributed by atoms with Crippen LogP contribution in [-0.2, 0) is 0 Å². The van der Waals surface area contributed by atoms with Crippen LogP contribution in [0.5, 0.6) is 0 Å². The zero-order chi connectivity index (χ0) is 12.5. The Balaban J connectivity index is 2.31. The number of para-hydroxylation sites is 1. The van der Waals surface area contributed by atoms with E-state index >= 15 is 0 Å². The summed E-state index contributed by atoms with van der Waals surface area (Å²) in [5.74, 6) is 0.669. The maximum atomic E-state index is 6.23. The summed E-state index contributed by atoms with van der Waals surface area (Å²) in [6.45, 7) is 2.03. The van der Waals surface area contributed by atoms with Crippen molar-refractivity contribution in [2.24, 2.45) is 0 Å². The molecule has 0 aliphatic heterocycles. The van der Waals surface area contributed by atoms with Crippen LogP contribution in [0.1, 0.15) is 5.56 Å². The molecular weight excluding hydrogens is 244 g/mol.